The van der Waals surface area contributed by atoms with Crippen molar-refractivity contribution in [1.82, 2.24) is 10.6 Å². The van der Waals surface area contributed by atoms with Crippen LogP contribution in [0.2, 0.25) is 5.02 Å². The van der Waals surface area contributed by atoms with Crippen molar-refractivity contribution in [2.24, 2.45) is 10.9 Å². The van der Waals surface area contributed by atoms with Crippen LogP contribution in [0.25, 0.3) is 0 Å². The molecule has 18 heavy (non-hydrogen) atoms. The molecule has 98 valence electrons. The molecule has 4 heteroatoms. The van der Waals surface area contributed by atoms with Crippen molar-refractivity contribution in [3.8, 4) is 0 Å². The third-order valence-electron chi connectivity index (χ3n) is 3.10. The van der Waals surface area contributed by atoms with Gasteiger partial charge in [-0.05, 0) is 42.9 Å². The Balaban J connectivity index is 1.67. The van der Waals surface area contributed by atoms with Gasteiger partial charge in [0.25, 0.3) is 0 Å². The van der Waals surface area contributed by atoms with Gasteiger partial charge in [-0.25, -0.2) is 0 Å². The first-order valence-electron chi connectivity index (χ1n) is 6.47. The maximum absolute atomic E-state index is 5.85. The summed E-state index contributed by atoms with van der Waals surface area (Å²) in [6.45, 7) is 1.92. The van der Waals surface area contributed by atoms with Crippen LogP contribution in [0, 0.1) is 5.92 Å². The Bertz CT molecular complexity index is 396. The molecule has 0 saturated heterocycles. The van der Waals surface area contributed by atoms with Gasteiger partial charge < -0.3 is 10.6 Å². The molecule has 1 aliphatic rings. The molecule has 0 unspecified atom stereocenters. The molecular formula is C14H20ClN3. The predicted octanol–water partition coefficient (Wildman–Crippen LogP) is 2.46. The third-order valence-corrected chi connectivity index (χ3v) is 3.35. The lowest BCUT2D eigenvalue weighted by Gasteiger charge is -2.11. The Morgan fingerprint density at radius 1 is 1.28 bits per heavy atom. The fraction of sp³-hybridized carbons (Fsp3) is 0.500. The zero-order valence-electron chi connectivity index (χ0n) is 10.7. The monoisotopic (exact) mass is 265 g/mol. The Morgan fingerprint density at radius 3 is 2.61 bits per heavy atom. The van der Waals surface area contributed by atoms with Crippen molar-refractivity contribution in [2.75, 3.05) is 20.1 Å². The highest BCUT2D eigenvalue weighted by atomic mass is 35.5. The van der Waals surface area contributed by atoms with Crippen molar-refractivity contribution >= 4 is 17.6 Å². The average Bonchev–Trinajstić information content (AvgIpc) is 3.20. The number of rotatable bonds is 5. The quantitative estimate of drug-likeness (QED) is 0.634. The number of aliphatic imine (C=N–C) groups is 1. The molecule has 0 radical (unpaired) electrons. The van der Waals surface area contributed by atoms with E-state index in [1.54, 1.807) is 0 Å². The van der Waals surface area contributed by atoms with Crippen LogP contribution in [0.1, 0.15) is 18.4 Å². The molecule has 0 aromatic heterocycles. The third kappa shape index (κ3) is 4.57. The predicted molar refractivity (Wildman–Crippen MR) is 77.2 cm³/mol. The number of hydrogen-bond acceptors (Lipinski definition) is 1. The molecular weight excluding hydrogens is 246 g/mol. The molecule has 0 atom stereocenters. The number of guanidine groups is 1. The fourth-order valence-electron chi connectivity index (χ4n) is 1.76. The molecule has 1 fully saturated rings. The largest absolute Gasteiger partial charge is 0.356 e. The van der Waals surface area contributed by atoms with E-state index in [9.17, 15) is 0 Å². The molecule has 1 aromatic rings. The normalized spacial score (nSPS) is 15.6. The minimum Gasteiger partial charge on any atom is -0.356 e. The first-order valence-corrected chi connectivity index (χ1v) is 6.84. The summed E-state index contributed by atoms with van der Waals surface area (Å²) in [6.07, 6.45) is 3.69. The Morgan fingerprint density at radius 2 is 2.00 bits per heavy atom. The van der Waals surface area contributed by atoms with E-state index in [1.165, 1.54) is 18.4 Å². The van der Waals surface area contributed by atoms with E-state index in [0.29, 0.717) is 0 Å². The van der Waals surface area contributed by atoms with E-state index < -0.39 is 0 Å². The molecule has 0 spiro atoms. The van der Waals surface area contributed by atoms with Gasteiger partial charge in [0, 0.05) is 25.2 Å². The second-order valence-electron chi connectivity index (χ2n) is 4.70. The molecule has 0 amide bonds. The Labute approximate surface area is 114 Å². The molecule has 2 rings (SSSR count). The number of hydrogen-bond donors (Lipinski definition) is 2. The number of nitrogens with one attached hydrogen (secondary N) is 2. The van der Waals surface area contributed by atoms with Crippen molar-refractivity contribution in [3.63, 3.8) is 0 Å². The van der Waals surface area contributed by atoms with Gasteiger partial charge in [-0.2, -0.15) is 0 Å². The highest BCUT2D eigenvalue weighted by Gasteiger charge is 2.20. The number of nitrogens with zero attached hydrogens (tertiary/aromatic N) is 1. The number of halogens is 1. The summed E-state index contributed by atoms with van der Waals surface area (Å²) in [5.74, 6) is 1.76. The average molecular weight is 266 g/mol. The van der Waals surface area contributed by atoms with Crippen LogP contribution < -0.4 is 10.6 Å². The van der Waals surface area contributed by atoms with E-state index in [0.717, 1.165) is 36.4 Å². The van der Waals surface area contributed by atoms with Crippen LogP contribution >= 0.6 is 11.6 Å². The molecule has 2 N–H and O–H groups in total. The first kappa shape index (κ1) is 13.2. The summed E-state index contributed by atoms with van der Waals surface area (Å²) in [6, 6.07) is 7.98. The van der Waals surface area contributed by atoms with Crippen LogP contribution in [0.4, 0.5) is 0 Å². The van der Waals surface area contributed by atoms with Gasteiger partial charge in [-0.1, -0.05) is 23.7 Å². The van der Waals surface area contributed by atoms with Crippen molar-refractivity contribution in [2.45, 2.75) is 19.3 Å². The zero-order valence-corrected chi connectivity index (χ0v) is 11.5. The maximum atomic E-state index is 5.85. The van der Waals surface area contributed by atoms with Crippen LogP contribution in [0.15, 0.2) is 29.3 Å². The van der Waals surface area contributed by atoms with Gasteiger partial charge in [0.2, 0.25) is 0 Å². The summed E-state index contributed by atoms with van der Waals surface area (Å²) in [4.78, 5) is 4.21. The summed E-state index contributed by atoms with van der Waals surface area (Å²) < 4.78 is 0. The van der Waals surface area contributed by atoms with Gasteiger partial charge in [0.15, 0.2) is 5.96 Å². The van der Waals surface area contributed by atoms with Gasteiger partial charge >= 0.3 is 0 Å². The van der Waals surface area contributed by atoms with Crippen LogP contribution in [0.3, 0.4) is 0 Å². The number of benzene rings is 1. The van der Waals surface area contributed by atoms with Gasteiger partial charge in [0.1, 0.15) is 0 Å². The highest BCUT2D eigenvalue weighted by Crippen LogP contribution is 2.27. The van der Waals surface area contributed by atoms with Crippen molar-refractivity contribution in [1.29, 1.82) is 0 Å². The first-order chi connectivity index (χ1) is 8.78. The van der Waals surface area contributed by atoms with E-state index in [2.05, 4.69) is 27.8 Å². The lowest BCUT2D eigenvalue weighted by Crippen LogP contribution is -2.39. The molecule has 0 aliphatic heterocycles. The Kier molecular flexibility index (Phi) is 4.88. The Hall–Kier alpha value is -1.22. The van der Waals surface area contributed by atoms with Gasteiger partial charge in [0.05, 0.1) is 0 Å². The molecule has 3 nitrogen and oxygen atoms in total. The van der Waals surface area contributed by atoms with Gasteiger partial charge in [-0.3, -0.25) is 4.99 Å². The van der Waals surface area contributed by atoms with Crippen molar-refractivity contribution in [3.05, 3.63) is 34.9 Å². The molecule has 0 bridgehead atoms. The van der Waals surface area contributed by atoms with Crippen LogP contribution in [-0.4, -0.2) is 26.1 Å². The van der Waals surface area contributed by atoms with E-state index in [4.69, 9.17) is 11.6 Å². The second-order valence-corrected chi connectivity index (χ2v) is 5.14. The maximum Gasteiger partial charge on any atom is 0.190 e. The van der Waals surface area contributed by atoms with E-state index in [-0.39, 0.29) is 0 Å². The molecule has 1 aromatic carbocycles. The minimum atomic E-state index is 0.786. The van der Waals surface area contributed by atoms with Gasteiger partial charge in [-0.15, -0.1) is 0 Å². The standard InChI is InChI=1S/C14H20ClN3/c1-16-14(18-10-12-2-3-12)17-9-8-11-4-6-13(15)7-5-11/h4-7,12H,2-3,8-10H2,1H3,(H2,16,17,18). The smallest absolute Gasteiger partial charge is 0.190 e. The van der Waals surface area contributed by atoms with Crippen LogP contribution in [0.5, 0.6) is 0 Å². The summed E-state index contributed by atoms with van der Waals surface area (Å²) >= 11 is 5.85. The second kappa shape index (κ2) is 6.64. The highest BCUT2D eigenvalue weighted by molar-refractivity contribution is 6.30. The van der Waals surface area contributed by atoms with Crippen LogP contribution in [-0.2, 0) is 6.42 Å². The van der Waals surface area contributed by atoms with E-state index >= 15 is 0 Å². The fourth-order valence-corrected chi connectivity index (χ4v) is 1.89. The molecule has 0 heterocycles. The summed E-state index contributed by atoms with van der Waals surface area (Å²) in [5, 5.41) is 7.45. The summed E-state index contributed by atoms with van der Waals surface area (Å²) in [5.41, 5.74) is 1.28. The minimum absolute atomic E-state index is 0.786. The molecule has 1 saturated carbocycles. The molecule has 1 aliphatic carbocycles. The topological polar surface area (TPSA) is 36.4 Å². The summed E-state index contributed by atoms with van der Waals surface area (Å²) in [7, 11) is 1.81. The van der Waals surface area contributed by atoms with E-state index in [1.807, 2.05) is 19.2 Å². The van der Waals surface area contributed by atoms with Crippen molar-refractivity contribution < 1.29 is 0 Å². The SMILES string of the molecule is CN=C(NCCc1ccc(Cl)cc1)NCC1CC1. The lowest BCUT2D eigenvalue weighted by atomic mass is 10.1. The zero-order chi connectivity index (χ0) is 12.8. The lowest BCUT2D eigenvalue weighted by molar-refractivity contribution is 0.734.